The van der Waals surface area contributed by atoms with Crippen LogP contribution < -0.4 is 5.32 Å². The third kappa shape index (κ3) is 9.75. The van der Waals surface area contributed by atoms with Gasteiger partial charge in [-0.05, 0) is 19.3 Å². The van der Waals surface area contributed by atoms with Gasteiger partial charge in [-0.25, -0.2) is 0 Å². The SMILES string of the molecule is CC.CCCOCCOCCNC(=O)C1=CCCC=C1. The molecule has 4 nitrogen and oxygen atoms in total. The van der Waals surface area contributed by atoms with Crippen LogP contribution in [0, 0.1) is 0 Å². The van der Waals surface area contributed by atoms with Crippen molar-refractivity contribution in [3.8, 4) is 0 Å². The fraction of sp³-hybridized carbons (Fsp3) is 0.688. The molecule has 1 rings (SSSR count). The van der Waals surface area contributed by atoms with Gasteiger partial charge in [0, 0.05) is 18.7 Å². The van der Waals surface area contributed by atoms with Crippen LogP contribution >= 0.6 is 0 Å². The lowest BCUT2D eigenvalue weighted by molar-refractivity contribution is -0.117. The average molecular weight is 283 g/mol. The second-order valence-electron chi connectivity index (χ2n) is 4.12. The zero-order chi connectivity index (χ0) is 15.1. The Morgan fingerprint density at radius 1 is 1.15 bits per heavy atom. The Hall–Kier alpha value is -1.13. The number of amides is 1. The summed E-state index contributed by atoms with van der Waals surface area (Å²) in [6, 6.07) is 0. The van der Waals surface area contributed by atoms with Crippen molar-refractivity contribution >= 4 is 5.91 Å². The second kappa shape index (κ2) is 14.3. The minimum atomic E-state index is -0.0169. The van der Waals surface area contributed by atoms with E-state index in [-0.39, 0.29) is 5.91 Å². The van der Waals surface area contributed by atoms with E-state index < -0.39 is 0 Å². The Morgan fingerprint density at radius 2 is 1.85 bits per heavy atom. The van der Waals surface area contributed by atoms with Gasteiger partial charge in [-0.1, -0.05) is 39.0 Å². The van der Waals surface area contributed by atoms with Crippen molar-refractivity contribution < 1.29 is 14.3 Å². The summed E-state index contributed by atoms with van der Waals surface area (Å²) in [6.45, 7) is 9.12. The van der Waals surface area contributed by atoms with E-state index in [9.17, 15) is 4.79 Å². The molecular formula is C16H29NO3. The molecule has 20 heavy (non-hydrogen) atoms. The van der Waals surface area contributed by atoms with Gasteiger partial charge in [-0.3, -0.25) is 4.79 Å². The first-order valence-electron chi connectivity index (χ1n) is 7.65. The van der Waals surface area contributed by atoms with Gasteiger partial charge in [0.05, 0.1) is 19.8 Å². The first-order chi connectivity index (χ1) is 9.84. The highest BCUT2D eigenvalue weighted by Gasteiger charge is 2.06. The molecule has 1 N–H and O–H groups in total. The molecule has 0 aromatic carbocycles. The minimum Gasteiger partial charge on any atom is -0.379 e. The molecular weight excluding hydrogens is 254 g/mol. The van der Waals surface area contributed by atoms with E-state index in [0.29, 0.717) is 26.4 Å². The molecule has 4 heteroatoms. The lowest BCUT2D eigenvalue weighted by Gasteiger charge is -2.09. The summed E-state index contributed by atoms with van der Waals surface area (Å²) in [4.78, 5) is 11.7. The fourth-order valence-corrected chi connectivity index (χ4v) is 1.59. The number of carbonyl (C=O) groups is 1. The molecule has 0 radical (unpaired) electrons. The highest BCUT2D eigenvalue weighted by molar-refractivity contribution is 5.96. The van der Waals surface area contributed by atoms with Crippen molar-refractivity contribution in [2.75, 3.05) is 33.0 Å². The summed E-state index contributed by atoms with van der Waals surface area (Å²) in [5.74, 6) is -0.0169. The summed E-state index contributed by atoms with van der Waals surface area (Å²) in [5.41, 5.74) is 0.757. The van der Waals surface area contributed by atoms with Gasteiger partial charge in [0.25, 0.3) is 5.91 Å². The van der Waals surface area contributed by atoms with Gasteiger partial charge in [0.2, 0.25) is 0 Å². The zero-order valence-electron chi connectivity index (χ0n) is 13.1. The average Bonchev–Trinajstić information content (AvgIpc) is 2.52. The first-order valence-corrected chi connectivity index (χ1v) is 7.65. The highest BCUT2D eigenvalue weighted by Crippen LogP contribution is 2.08. The molecule has 1 aliphatic rings. The smallest absolute Gasteiger partial charge is 0.251 e. The van der Waals surface area contributed by atoms with Crippen LogP contribution in [0.1, 0.15) is 40.0 Å². The third-order valence-corrected chi connectivity index (χ3v) is 2.51. The molecule has 0 saturated heterocycles. The molecule has 0 aromatic heterocycles. The number of rotatable bonds is 9. The molecule has 0 saturated carbocycles. The number of carbonyl (C=O) groups excluding carboxylic acids is 1. The van der Waals surface area contributed by atoms with E-state index in [1.54, 1.807) is 0 Å². The van der Waals surface area contributed by atoms with Crippen molar-refractivity contribution in [1.82, 2.24) is 5.32 Å². The van der Waals surface area contributed by atoms with Gasteiger partial charge in [0.1, 0.15) is 0 Å². The number of nitrogens with one attached hydrogen (secondary N) is 1. The third-order valence-electron chi connectivity index (χ3n) is 2.51. The largest absolute Gasteiger partial charge is 0.379 e. The topological polar surface area (TPSA) is 47.6 Å². The minimum absolute atomic E-state index is 0.0169. The van der Waals surface area contributed by atoms with Crippen molar-refractivity contribution in [2.24, 2.45) is 0 Å². The lowest BCUT2D eigenvalue weighted by Crippen LogP contribution is -2.28. The number of hydrogen-bond donors (Lipinski definition) is 1. The summed E-state index contributed by atoms with van der Waals surface area (Å²) in [7, 11) is 0. The summed E-state index contributed by atoms with van der Waals surface area (Å²) in [5, 5.41) is 2.83. The van der Waals surface area contributed by atoms with E-state index >= 15 is 0 Å². The Kier molecular flexibility index (Phi) is 13.5. The monoisotopic (exact) mass is 283 g/mol. The first kappa shape index (κ1) is 18.9. The van der Waals surface area contributed by atoms with Crippen molar-refractivity contribution in [1.29, 1.82) is 0 Å². The molecule has 1 amide bonds. The molecule has 0 atom stereocenters. The molecule has 0 fully saturated rings. The van der Waals surface area contributed by atoms with Gasteiger partial charge in [0.15, 0.2) is 0 Å². The quantitative estimate of drug-likeness (QED) is 0.662. The standard InChI is InChI=1S/C14H23NO3.C2H6/c1-2-9-17-11-12-18-10-8-15-14(16)13-6-4-3-5-7-13;1-2/h4,6-7H,2-3,5,8-12H2,1H3,(H,15,16);1-2H3. The van der Waals surface area contributed by atoms with E-state index in [0.717, 1.165) is 31.4 Å². The molecule has 0 unspecified atom stereocenters. The van der Waals surface area contributed by atoms with Crippen LogP contribution in [0.4, 0.5) is 0 Å². The predicted octanol–water partition coefficient (Wildman–Crippen LogP) is 2.85. The van der Waals surface area contributed by atoms with Gasteiger partial charge in [-0.15, -0.1) is 0 Å². The summed E-state index contributed by atoms with van der Waals surface area (Å²) < 4.78 is 10.6. The van der Waals surface area contributed by atoms with Gasteiger partial charge in [-0.2, -0.15) is 0 Å². The van der Waals surface area contributed by atoms with E-state index in [1.165, 1.54) is 0 Å². The molecule has 0 heterocycles. The molecule has 116 valence electrons. The van der Waals surface area contributed by atoms with Crippen molar-refractivity contribution in [3.05, 3.63) is 23.8 Å². The van der Waals surface area contributed by atoms with E-state index in [2.05, 4.69) is 12.2 Å². The maximum atomic E-state index is 11.7. The predicted molar refractivity (Wildman–Crippen MR) is 82.7 cm³/mol. The van der Waals surface area contributed by atoms with E-state index in [1.807, 2.05) is 32.1 Å². The van der Waals surface area contributed by atoms with Crippen molar-refractivity contribution in [3.63, 3.8) is 0 Å². The van der Waals surface area contributed by atoms with Crippen LogP contribution in [0.3, 0.4) is 0 Å². The molecule has 1 aliphatic carbocycles. The summed E-state index contributed by atoms with van der Waals surface area (Å²) in [6.07, 6.45) is 8.87. The van der Waals surface area contributed by atoms with Gasteiger partial charge < -0.3 is 14.8 Å². The van der Waals surface area contributed by atoms with Crippen LogP contribution in [-0.2, 0) is 14.3 Å². The molecule has 0 aromatic rings. The maximum absolute atomic E-state index is 11.7. The van der Waals surface area contributed by atoms with Crippen LogP contribution in [0.5, 0.6) is 0 Å². The van der Waals surface area contributed by atoms with Gasteiger partial charge >= 0.3 is 0 Å². The summed E-state index contributed by atoms with van der Waals surface area (Å²) >= 11 is 0. The Balaban J connectivity index is 0.00000172. The Bertz CT molecular complexity index is 298. The Morgan fingerprint density at radius 3 is 2.45 bits per heavy atom. The number of ether oxygens (including phenoxy) is 2. The second-order valence-corrected chi connectivity index (χ2v) is 4.12. The van der Waals surface area contributed by atoms with Crippen LogP contribution in [0.25, 0.3) is 0 Å². The lowest BCUT2D eigenvalue weighted by atomic mass is 10.1. The number of allylic oxidation sites excluding steroid dienone is 2. The van der Waals surface area contributed by atoms with Crippen molar-refractivity contribution in [2.45, 2.75) is 40.0 Å². The van der Waals surface area contributed by atoms with Crippen LogP contribution in [0.15, 0.2) is 23.8 Å². The Labute approximate surface area is 123 Å². The molecule has 0 spiro atoms. The van der Waals surface area contributed by atoms with Crippen LogP contribution in [0.2, 0.25) is 0 Å². The molecule has 0 bridgehead atoms. The van der Waals surface area contributed by atoms with E-state index in [4.69, 9.17) is 9.47 Å². The fourth-order valence-electron chi connectivity index (χ4n) is 1.59. The zero-order valence-corrected chi connectivity index (χ0v) is 13.1. The highest BCUT2D eigenvalue weighted by atomic mass is 16.5. The number of hydrogen-bond acceptors (Lipinski definition) is 3. The molecule has 0 aliphatic heterocycles. The normalized spacial score (nSPS) is 13.2. The van der Waals surface area contributed by atoms with Crippen LogP contribution in [-0.4, -0.2) is 38.9 Å². The maximum Gasteiger partial charge on any atom is 0.251 e.